The molecule has 181 valence electrons. The highest BCUT2D eigenvalue weighted by atomic mass is 14.0. The van der Waals surface area contributed by atoms with Crippen molar-refractivity contribution < 1.29 is 0 Å². The van der Waals surface area contributed by atoms with Crippen molar-refractivity contribution in [3.8, 4) is 0 Å². The van der Waals surface area contributed by atoms with E-state index in [1.54, 1.807) is 0 Å². The second kappa shape index (κ2) is 27.0. The van der Waals surface area contributed by atoms with Gasteiger partial charge in [-0.1, -0.05) is 188 Å². The van der Waals surface area contributed by atoms with Crippen LogP contribution < -0.4 is 0 Å². The molecule has 0 bridgehead atoms. The van der Waals surface area contributed by atoms with Gasteiger partial charge in [-0.15, -0.1) is 0 Å². The van der Waals surface area contributed by atoms with Crippen LogP contribution in [0.2, 0.25) is 0 Å². The van der Waals surface area contributed by atoms with Crippen molar-refractivity contribution in [2.75, 3.05) is 0 Å². The highest BCUT2D eigenvalue weighted by molar-refractivity contribution is 4.52. The molecule has 0 aliphatic rings. The predicted molar refractivity (Wildman–Crippen MR) is 140 cm³/mol. The number of unbranched alkanes of at least 4 members (excludes halogenated alkanes) is 24. The predicted octanol–water partition coefficient (Wildman–Crippen LogP) is 11.6. The molecule has 0 aliphatic heterocycles. The average Bonchev–Trinajstić information content (AvgIpc) is 2.73. The first kappa shape index (κ1) is 30.0. The van der Waals surface area contributed by atoms with Crippen molar-refractivity contribution >= 4 is 0 Å². The zero-order valence-electron chi connectivity index (χ0n) is 21.7. The Bertz CT molecular complexity index is 280. The van der Waals surface area contributed by atoms with E-state index in [1.165, 1.54) is 161 Å². The first-order valence-corrected chi connectivity index (χ1v) is 14.6. The fraction of sp³-hybridized carbons (Fsp3) is 0.967. The largest absolute Gasteiger partial charge is 0.0628 e. The molecule has 0 aromatic heterocycles. The van der Waals surface area contributed by atoms with E-state index in [1.807, 2.05) is 0 Å². The van der Waals surface area contributed by atoms with Gasteiger partial charge in [0.15, 0.2) is 0 Å². The fourth-order valence-electron chi connectivity index (χ4n) is 4.62. The summed E-state index contributed by atoms with van der Waals surface area (Å²) >= 11 is 0. The summed E-state index contributed by atoms with van der Waals surface area (Å²) in [4.78, 5) is 0. The highest BCUT2D eigenvalue weighted by Gasteiger charge is 1.97. The molecule has 0 rings (SSSR count). The van der Waals surface area contributed by atoms with Crippen LogP contribution in [0.3, 0.4) is 0 Å². The molecule has 0 N–H and O–H groups in total. The van der Waals surface area contributed by atoms with Crippen LogP contribution in [0.1, 0.15) is 181 Å². The quantitative estimate of drug-likeness (QED) is 0.122. The minimum atomic E-state index is 0.896. The Labute approximate surface area is 193 Å². The van der Waals surface area contributed by atoms with Gasteiger partial charge in [0.1, 0.15) is 0 Å². The summed E-state index contributed by atoms with van der Waals surface area (Å²) in [7, 11) is 0. The van der Waals surface area contributed by atoms with Crippen LogP contribution in [-0.2, 0) is 0 Å². The molecule has 0 heterocycles. The van der Waals surface area contributed by atoms with Crippen LogP contribution in [0.15, 0.2) is 0 Å². The molecule has 0 heteroatoms. The van der Waals surface area contributed by atoms with E-state index in [9.17, 15) is 0 Å². The molecule has 0 aromatic carbocycles. The van der Waals surface area contributed by atoms with Gasteiger partial charge in [-0.05, 0) is 5.92 Å². The third-order valence-electron chi connectivity index (χ3n) is 6.78. The van der Waals surface area contributed by atoms with Gasteiger partial charge in [-0.25, -0.2) is 0 Å². The third-order valence-corrected chi connectivity index (χ3v) is 6.78. The van der Waals surface area contributed by atoms with Crippen molar-refractivity contribution in [2.24, 2.45) is 5.92 Å². The lowest BCUT2D eigenvalue weighted by Gasteiger charge is -2.05. The van der Waals surface area contributed by atoms with Crippen molar-refractivity contribution in [3.63, 3.8) is 0 Å². The Kier molecular flexibility index (Phi) is 27.0. The standard InChI is InChI=1S/C30H61/c1-4-5-6-7-8-9-10-11-12-13-14-15-16-17-18-19-20-21-22-23-24-25-26-27-28-29-30(2)3/h30H,1,4-29H2,2-3H3. The van der Waals surface area contributed by atoms with Crippen LogP contribution in [0.5, 0.6) is 0 Å². The monoisotopic (exact) mass is 421 g/mol. The fourth-order valence-corrected chi connectivity index (χ4v) is 4.62. The molecule has 1 radical (unpaired) electrons. The third kappa shape index (κ3) is 28.0. The number of hydrogen-bond acceptors (Lipinski definition) is 0. The van der Waals surface area contributed by atoms with Gasteiger partial charge >= 0.3 is 0 Å². The Balaban J connectivity index is 2.99. The van der Waals surface area contributed by atoms with Gasteiger partial charge < -0.3 is 0 Å². The van der Waals surface area contributed by atoms with E-state index in [2.05, 4.69) is 20.8 Å². The summed E-state index contributed by atoms with van der Waals surface area (Å²) in [6, 6.07) is 0. The Morgan fingerprint density at radius 3 is 0.733 bits per heavy atom. The lowest BCUT2D eigenvalue weighted by atomic mass is 10.0. The summed E-state index contributed by atoms with van der Waals surface area (Å²) in [6.45, 7) is 8.61. The van der Waals surface area contributed by atoms with Gasteiger partial charge in [0.05, 0.1) is 0 Å². The lowest BCUT2D eigenvalue weighted by molar-refractivity contribution is 0.500. The molecule has 0 saturated carbocycles. The van der Waals surface area contributed by atoms with Crippen molar-refractivity contribution in [3.05, 3.63) is 6.92 Å². The van der Waals surface area contributed by atoms with Gasteiger partial charge in [0.25, 0.3) is 0 Å². The van der Waals surface area contributed by atoms with Crippen LogP contribution in [0, 0.1) is 12.8 Å². The van der Waals surface area contributed by atoms with E-state index < -0.39 is 0 Å². The van der Waals surface area contributed by atoms with Gasteiger partial charge in [0, 0.05) is 0 Å². The van der Waals surface area contributed by atoms with E-state index in [0.29, 0.717) is 0 Å². The van der Waals surface area contributed by atoms with Crippen LogP contribution in [0.25, 0.3) is 0 Å². The molecule has 0 aromatic rings. The molecule has 0 nitrogen and oxygen atoms in total. The molecule has 0 spiro atoms. The summed E-state index contributed by atoms with van der Waals surface area (Å²) in [5.74, 6) is 0.896. The summed E-state index contributed by atoms with van der Waals surface area (Å²) in [6.07, 6.45) is 37.8. The van der Waals surface area contributed by atoms with E-state index >= 15 is 0 Å². The molecular formula is C30H61. The minimum Gasteiger partial charge on any atom is -0.0628 e. The SMILES string of the molecule is [CH2]CCCCCCCCCCCCCCCCCCCCCCCCCCC(C)C. The maximum atomic E-state index is 3.92. The van der Waals surface area contributed by atoms with Crippen LogP contribution in [-0.4, -0.2) is 0 Å². The summed E-state index contributed by atoms with van der Waals surface area (Å²) in [5, 5.41) is 0. The van der Waals surface area contributed by atoms with E-state index in [0.717, 1.165) is 12.3 Å². The molecule has 0 saturated heterocycles. The van der Waals surface area contributed by atoms with Crippen LogP contribution in [0.4, 0.5) is 0 Å². The molecule has 0 unspecified atom stereocenters. The average molecular weight is 422 g/mol. The maximum Gasteiger partial charge on any atom is -0.0471 e. The smallest absolute Gasteiger partial charge is 0.0471 e. The Morgan fingerprint density at radius 2 is 0.533 bits per heavy atom. The molecule has 0 atom stereocenters. The normalized spacial score (nSPS) is 11.6. The molecule has 0 fully saturated rings. The number of hydrogen-bond donors (Lipinski definition) is 0. The van der Waals surface area contributed by atoms with E-state index in [-0.39, 0.29) is 0 Å². The lowest BCUT2D eigenvalue weighted by Crippen LogP contribution is -1.87. The van der Waals surface area contributed by atoms with E-state index in [4.69, 9.17) is 0 Å². The second-order valence-electron chi connectivity index (χ2n) is 10.5. The van der Waals surface area contributed by atoms with Crippen molar-refractivity contribution in [1.29, 1.82) is 0 Å². The summed E-state index contributed by atoms with van der Waals surface area (Å²) in [5.41, 5.74) is 0. The molecule has 0 aliphatic carbocycles. The molecular weight excluding hydrogens is 360 g/mol. The topological polar surface area (TPSA) is 0 Å². The number of rotatable bonds is 26. The van der Waals surface area contributed by atoms with Crippen LogP contribution >= 0.6 is 0 Å². The zero-order chi connectivity index (χ0) is 22.0. The Morgan fingerprint density at radius 1 is 0.333 bits per heavy atom. The Hall–Kier alpha value is 0. The molecule has 30 heavy (non-hydrogen) atoms. The first-order valence-electron chi connectivity index (χ1n) is 14.6. The summed E-state index contributed by atoms with van der Waals surface area (Å²) < 4.78 is 0. The second-order valence-corrected chi connectivity index (χ2v) is 10.5. The van der Waals surface area contributed by atoms with Crippen molar-refractivity contribution in [2.45, 2.75) is 181 Å². The van der Waals surface area contributed by atoms with Gasteiger partial charge in [0.2, 0.25) is 0 Å². The van der Waals surface area contributed by atoms with Gasteiger partial charge in [-0.3, -0.25) is 0 Å². The molecule has 0 amide bonds. The zero-order valence-corrected chi connectivity index (χ0v) is 21.7. The first-order chi connectivity index (χ1) is 14.8. The van der Waals surface area contributed by atoms with Gasteiger partial charge in [-0.2, -0.15) is 0 Å². The van der Waals surface area contributed by atoms with Crippen molar-refractivity contribution in [1.82, 2.24) is 0 Å². The minimum absolute atomic E-state index is 0.896. The maximum absolute atomic E-state index is 3.92. The highest BCUT2D eigenvalue weighted by Crippen LogP contribution is 2.16.